The van der Waals surface area contributed by atoms with Crippen molar-refractivity contribution >= 4 is 5.97 Å². The van der Waals surface area contributed by atoms with Gasteiger partial charge in [0.15, 0.2) is 0 Å². The molecule has 0 saturated heterocycles. The van der Waals surface area contributed by atoms with Crippen molar-refractivity contribution in [2.45, 2.75) is 39.2 Å². The molecule has 1 aromatic rings. The highest BCUT2D eigenvalue weighted by Crippen LogP contribution is 2.20. The number of carbonyl (C=O) groups is 1. The van der Waals surface area contributed by atoms with Crippen molar-refractivity contribution in [1.29, 1.82) is 0 Å². The molecule has 82 valence electrons. The van der Waals surface area contributed by atoms with Crippen LogP contribution in [0, 0.1) is 5.92 Å². The van der Waals surface area contributed by atoms with Gasteiger partial charge in [-0.3, -0.25) is 4.79 Å². The number of rotatable bonds is 3. The first-order valence-electron chi connectivity index (χ1n) is 5.36. The highest BCUT2D eigenvalue weighted by atomic mass is 16.4. The number of hydrogen-bond donors (Lipinski definition) is 1. The van der Waals surface area contributed by atoms with Gasteiger partial charge in [0.2, 0.25) is 0 Å². The number of aryl methyl sites for hydroxylation is 2. The second kappa shape index (κ2) is 4.00. The standard InChI is InChI=1S/C10H15N3O2/c1-2-3-8-11-12-9-5-4-7(10(14)15)6-13(8)9/h7H,2-6H2,1H3,(H,14,15). The molecule has 0 bridgehead atoms. The number of carboxylic acid groups (broad SMARTS) is 1. The zero-order valence-electron chi connectivity index (χ0n) is 8.81. The van der Waals surface area contributed by atoms with Gasteiger partial charge in [0.25, 0.3) is 0 Å². The van der Waals surface area contributed by atoms with Crippen LogP contribution in [0.15, 0.2) is 0 Å². The van der Waals surface area contributed by atoms with Crippen molar-refractivity contribution in [1.82, 2.24) is 14.8 Å². The number of hydrogen-bond acceptors (Lipinski definition) is 3. The van der Waals surface area contributed by atoms with E-state index in [2.05, 4.69) is 17.1 Å². The van der Waals surface area contributed by atoms with Crippen LogP contribution in [0.25, 0.3) is 0 Å². The molecule has 0 spiro atoms. The monoisotopic (exact) mass is 209 g/mol. The van der Waals surface area contributed by atoms with Gasteiger partial charge in [-0.05, 0) is 12.8 Å². The Balaban J connectivity index is 2.22. The number of nitrogens with zero attached hydrogens (tertiary/aromatic N) is 3. The molecule has 0 radical (unpaired) electrons. The van der Waals surface area contributed by atoms with Gasteiger partial charge in [-0.2, -0.15) is 0 Å². The Bertz CT molecular complexity index is 373. The third kappa shape index (κ3) is 1.86. The molecule has 0 aliphatic carbocycles. The van der Waals surface area contributed by atoms with Gasteiger partial charge < -0.3 is 9.67 Å². The van der Waals surface area contributed by atoms with E-state index < -0.39 is 5.97 Å². The average Bonchev–Trinajstić information content (AvgIpc) is 2.61. The lowest BCUT2D eigenvalue weighted by Crippen LogP contribution is -2.27. The second-order valence-electron chi connectivity index (χ2n) is 3.97. The highest BCUT2D eigenvalue weighted by molar-refractivity contribution is 5.70. The summed E-state index contributed by atoms with van der Waals surface area (Å²) in [4.78, 5) is 10.9. The Labute approximate surface area is 88.1 Å². The van der Waals surface area contributed by atoms with Gasteiger partial charge >= 0.3 is 5.97 Å². The van der Waals surface area contributed by atoms with Crippen LogP contribution in [0.5, 0.6) is 0 Å². The summed E-state index contributed by atoms with van der Waals surface area (Å²) in [6, 6.07) is 0. The van der Waals surface area contributed by atoms with Crippen LogP contribution < -0.4 is 0 Å². The predicted octanol–water partition coefficient (Wildman–Crippen LogP) is 0.878. The van der Waals surface area contributed by atoms with Crippen molar-refractivity contribution in [3.05, 3.63) is 11.6 Å². The lowest BCUT2D eigenvalue weighted by Gasteiger charge is -2.20. The molecule has 1 atom stereocenters. The molecule has 15 heavy (non-hydrogen) atoms. The molecular weight excluding hydrogens is 194 g/mol. The molecule has 5 heteroatoms. The lowest BCUT2D eigenvalue weighted by molar-refractivity contribution is -0.142. The van der Waals surface area contributed by atoms with E-state index in [0.717, 1.165) is 30.9 Å². The molecule has 0 aromatic carbocycles. The van der Waals surface area contributed by atoms with E-state index in [1.807, 2.05) is 4.57 Å². The van der Waals surface area contributed by atoms with Gasteiger partial charge in [-0.25, -0.2) is 0 Å². The SMILES string of the molecule is CCCc1nnc2n1CC(C(=O)O)CC2. The van der Waals surface area contributed by atoms with Gasteiger partial charge in [0.1, 0.15) is 11.6 Å². The van der Waals surface area contributed by atoms with E-state index in [4.69, 9.17) is 5.11 Å². The minimum absolute atomic E-state index is 0.274. The summed E-state index contributed by atoms with van der Waals surface area (Å²) in [5.74, 6) is 0.885. The molecular formula is C10H15N3O2. The summed E-state index contributed by atoms with van der Waals surface area (Å²) < 4.78 is 1.98. The van der Waals surface area contributed by atoms with Gasteiger partial charge in [-0.1, -0.05) is 6.92 Å². The summed E-state index contributed by atoms with van der Waals surface area (Å²) in [6.45, 7) is 2.62. The molecule has 2 rings (SSSR count). The number of carboxylic acids is 1. The van der Waals surface area contributed by atoms with Crippen molar-refractivity contribution in [2.24, 2.45) is 5.92 Å². The van der Waals surface area contributed by atoms with Crippen LogP contribution >= 0.6 is 0 Å². The minimum atomic E-state index is -0.711. The van der Waals surface area contributed by atoms with Crippen LogP contribution in [0.2, 0.25) is 0 Å². The van der Waals surface area contributed by atoms with E-state index in [0.29, 0.717) is 13.0 Å². The molecule has 0 fully saturated rings. The summed E-state index contributed by atoms with van der Waals surface area (Å²) in [7, 11) is 0. The van der Waals surface area contributed by atoms with E-state index in [-0.39, 0.29) is 5.92 Å². The van der Waals surface area contributed by atoms with Crippen LogP contribution in [-0.2, 0) is 24.2 Å². The molecule has 1 aliphatic heterocycles. The van der Waals surface area contributed by atoms with Crippen molar-refractivity contribution in [3.8, 4) is 0 Å². The maximum Gasteiger partial charge on any atom is 0.308 e. The lowest BCUT2D eigenvalue weighted by atomic mass is 9.99. The van der Waals surface area contributed by atoms with E-state index >= 15 is 0 Å². The predicted molar refractivity (Wildman–Crippen MR) is 53.5 cm³/mol. The zero-order chi connectivity index (χ0) is 10.8. The Kier molecular flexibility index (Phi) is 2.70. The maximum absolute atomic E-state index is 10.9. The fourth-order valence-electron chi connectivity index (χ4n) is 1.99. The van der Waals surface area contributed by atoms with E-state index in [1.54, 1.807) is 0 Å². The van der Waals surface area contributed by atoms with Crippen LogP contribution in [0.1, 0.15) is 31.4 Å². The summed E-state index contributed by atoms with van der Waals surface area (Å²) >= 11 is 0. The van der Waals surface area contributed by atoms with Gasteiger partial charge in [0.05, 0.1) is 5.92 Å². The third-order valence-electron chi connectivity index (χ3n) is 2.85. The fourth-order valence-corrected chi connectivity index (χ4v) is 1.99. The first-order chi connectivity index (χ1) is 7.22. The van der Waals surface area contributed by atoms with Crippen LogP contribution in [0.3, 0.4) is 0 Å². The number of aromatic nitrogens is 3. The Morgan fingerprint density at radius 2 is 2.40 bits per heavy atom. The third-order valence-corrected chi connectivity index (χ3v) is 2.85. The molecule has 0 amide bonds. The summed E-state index contributed by atoms with van der Waals surface area (Å²) in [5.41, 5.74) is 0. The van der Waals surface area contributed by atoms with Crippen LogP contribution in [0.4, 0.5) is 0 Å². The maximum atomic E-state index is 10.9. The topological polar surface area (TPSA) is 68.0 Å². The normalized spacial score (nSPS) is 19.9. The van der Waals surface area contributed by atoms with Crippen molar-refractivity contribution in [2.75, 3.05) is 0 Å². The number of fused-ring (bicyclic) bond motifs is 1. The van der Waals surface area contributed by atoms with Crippen molar-refractivity contribution < 1.29 is 9.90 Å². The first-order valence-corrected chi connectivity index (χ1v) is 5.36. The first kappa shape index (κ1) is 10.1. The smallest absolute Gasteiger partial charge is 0.308 e. The van der Waals surface area contributed by atoms with Gasteiger partial charge in [0, 0.05) is 19.4 Å². The molecule has 1 unspecified atom stereocenters. The largest absolute Gasteiger partial charge is 0.481 e. The Morgan fingerprint density at radius 3 is 3.07 bits per heavy atom. The molecule has 1 aromatic heterocycles. The molecule has 0 saturated carbocycles. The molecule has 5 nitrogen and oxygen atoms in total. The Hall–Kier alpha value is -1.39. The van der Waals surface area contributed by atoms with Gasteiger partial charge in [-0.15, -0.1) is 10.2 Å². The second-order valence-corrected chi connectivity index (χ2v) is 3.97. The Morgan fingerprint density at radius 1 is 1.60 bits per heavy atom. The quantitative estimate of drug-likeness (QED) is 0.802. The zero-order valence-corrected chi connectivity index (χ0v) is 8.81. The van der Waals surface area contributed by atoms with Crippen molar-refractivity contribution in [3.63, 3.8) is 0 Å². The summed E-state index contributed by atoms with van der Waals surface area (Å²) in [5, 5.41) is 17.2. The van der Waals surface area contributed by atoms with Crippen LogP contribution in [-0.4, -0.2) is 25.8 Å². The minimum Gasteiger partial charge on any atom is -0.481 e. The highest BCUT2D eigenvalue weighted by Gasteiger charge is 2.26. The molecule has 1 aliphatic rings. The fraction of sp³-hybridized carbons (Fsp3) is 0.700. The molecule has 1 N–H and O–H groups in total. The number of aliphatic carboxylic acids is 1. The molecule has 2 heterocycles. The summed E-state index contributed by atoms with van der Waals surface area (Å²) in [6.07, 6.45) is 3.29. The van der Waals surface area contributed by atoms with E-state index in [9.17, 15) is 4.79 Å². The average molecular weight is 209 g/mol. The van der Waals surface area contributed by atoms with E-state index in [1.165, 1.54) is 0 Å².